The summed E-state index contributed by atoms with van der Waals surface area (Å²) >= 11 is 1.70. The molecule has 0 saturated heterocycles. The summed E-state index contributed by atoms with van der Waals surface area (Å²) in [6.45, 7) is 2.04. The van der Waals surface area contributed by atoms with Gasteiger partial charge in [0.2, 0.25) is 0 Å². The second-order valence-electron chi connectivity index (χ2n) is 3.16. The van der Waals surface area contributed by atoms with Crippen molar-refractivity contribution in [1.82, 2.24) is 0 Å². The van der Waals surface area contributed by atoms with Crippen molar-refractivity contribution in [3.63, 3.8) is 0 Å². The molecule has 0 amide bonds. The van der Waals surface area contributed by atoms with E-state index in [9.17, 15) is 4.79 Å². The molecule has 3 heteroatoms. The van der Waals surface area contributed by atoms with Crippen molar-refractivity contribution in [3.8, 4) is 0 Å². The summed E-state index contributed by atoms with van der Waals surface area (Å²) < 4.78 is 0. The Morgan fingerprint density at radius 1 is 1.69 bits per heavy atom. The number of aliphatic carboxylic acids is 1. The third kappa shape index (κ3) is 3.59. The van der Waals surface area contributed by atoms with Crippen LogP contribution in [0.25, 0.3) is 0 Å². The predicted molar refractivity (Wildman–Crippen MR) is 54.1 cm³/mol. The van der Waals surface area contributed by atoms with Crippen molar-refractivity contribution in [3.05, 3.63) is 22.4 Å². The highest BCUT2D eigenvalue weighted by molar-refractivity contribution is 7.09. The molecular formula is C10H14O2S. The monoisotopic (exact) mass is 198 g/mol. The van der Waals surface area contributed by atoms with Crippen LogP contribution in [-0.2, 0) is 11.2 Å². The van der Waals surface area contributed by atoms with Crippen LogP contribution in [-0.4, -0.2) is 11.1 Å². The first kappa shape index (κ1) is 10.3. The highest BCUT2D eigenvalue weighted by atomic mass is 32.1. The quantitative estimate of drug-likeness (QED) is 0.790. The van der Waals surface area contributed by atoms with Crippen LogP contribution in [0.5, 0.6) is 0 Å². The maximum absolute atomic E-state index is 10.5. The second-order valence-corrected chi connectivity index (χ2v) is 4.19. The van der Waals surface area contributed by atoms with E-state index in [-0.39, 0.29) is 12.3 Å². The molecule has 13 heavy (non-hydrogen) atoms. The molecule has 1 aromatic rings. The van der Waals surface area contributed by atoms with Crippen molar-refractivity contribution >= 4 is 17.3 Å². The van der Waals surface area contributed by atoms with Crippen LogP contribution in [0.3, 0.4) is 0 Å². The Bertz CT molecular complexity index is 254. The van der Waals surface area contributed by atoms with Crippen molar-refractivity contribution in [2.24, 2.45) is 5.92 Å². The molecule has 1 atom stereocenters. The van der Waals surface area contributed by atoms with E-state index < -0.39 is 5.97 Å². The lowest BCUT2D eigenvalue weighted by Gasteiger charge is -2.09. The van der Waals surface area contributed by atoms with Gasteiger partial charge in [-0.25, -0.2) is 0 Å². The summed E-state index contributed by atoms with van der Waals surface area (Å²) in [6.07, 6.45) is 2.12. The number of hydrogen-bond acceptors (Lipinski definition) is 2. The molecule has 1 aromatic heterocycles. The van der Waals surface area contributed by atoms with E-state index in [2.05, 4.69) is 6.07 Å². The molecule has 1 rings (SSSR count). The zero-order valence-electron chi connectivity index (χ0n) is 7.69. The van der Waals surface area contributed by atoms with Gasteiger partial charge in [-0.15, -0.1) is 11.3 Å². The van der Waals surface area contributed by atoms with E-state index in [1.807, 2.05) is 18.4 Å². The molecule has 1 N–H and O–H groups in total. The standard InChI is InChI=1S/C10H14O2S/c1-2-8(7-10(11)12)6-9-4-3-5-13-9/h3-5,8H,2,6-7H2,1H3,(H,11,12). The Labute approximate surface area is 82.2 Å². The summed E-state index contributed by atoms with van der Waals surface area (Å²) in [5.74, 6) is -0.403. The molecule has 0 spiro atoms. The minimum atomic E-state index is -0.691. The molecule has 1 heterocycles. The lowest BCUT2D eigenvalue weighted by Crippen LogP contribution is -2.08. The van der Waals surface area contributed by atoms with Crippen LogP contribution < -0.4 is 0 Å². The third-order valence-electron chi connectivity index (χ3n) is 2.11. The second kappa shape index (κ2) is 5.02. The van der Waals surface area contributed by atoms with E-state index in [0.29, 0.717) is 0 Å². The zero-order chi connectivity index (χ0) is 9.68. The van der Waals surface area contributed by atoms with Crippen LogP contribution in [0.2, 0.25) is 0 Å². The van der Waals surface area contributed by atoms with Gasteiger partial charge in [-0.05, 0) is 23.8 Å². The zero-order valence-corrected chi connectivity index (χ0v) is 8.51. The Morgan fingerprint density at radius 3 is 2.92 bits per heavy atom. The van der Waals surface area contributed by atoms with Crippen LogP contribution in [0, 0.1) is 5.92 Å². The van der Waals surface area contributed by atoms with Gasteiger partial charge in [0.05, 0.1) is 0 Å². The molecule has 1 unspecified atom stereocenters. The molecular weight excluding hydrogens is 184 g/mol. The van der Waals surface area contributed by atoms with Gasteiger partial charge in [-0.3, -0.25) is 4.79 Å². The average Bonchev–Trinajstić information content (AvgIpc) is 2.55. The molecule has 0 saturated carbocycles. The Morgan fingerprint density at radius 2 is 2.46 bits per heavy atom. The van der Waals surface area contributed by atoms with E-state index >= 15 is 0 Å². The smallest absolute Gasteiger partial charge is 0.303 e. The summed E-state index contributed by atoms with van der Waals surface area (Å²) in [4.78, 5) is 11.8. The van der Waals surface area contributed by atoms with Gasteiger partial charge in [0.1, 0.15) is 0 Å². The molecule has 72 valence electrons. The molecule has 0 radical (unpaired) electrons. The van der Waals surface area contributed by atoms with Crippen molar-refractivity contribution < 1.29 is 9.90 Å². The minimum absolute atomic E-state index is 0.286. The number of hydrogen-bond donors (Lipinski definition) is 1. The van der Waals surface area contributed by atoms with Crippen molar-refractivity contribution in [2.45, 2.75) is 26.2 Å². The summed E-state index contributed by atoms with van der Waals surface area (Å²) in [5, 5.41) is 10.7. The lowest BCUT2D eigenvalue weighted by molar-refractivity contribution is -0.138. The normalized spacial score (nSPS) is 12.7. The Balaban J connectivity index is 2.45. The highest BCUT2D eigenvalue weighted by Crippen LogP contribution is 2.19. The molecule has 0 aliphatic heterocycles. The van der Waals surface area contributed by atoms with Crippen LogP contribution in [0.1, 0.15) is 24.6 Å². The predicted octanol–water partition coefficient (Wildman–Crippen LogP) is 2.79. The van der Waals surface area contributed by atoms with E-state index in [1.165, 1.54) is 4.88 Å². The van der Waals surface area contributed by atoms with Gasteiger partial charge in [-0.1, -0.05) is 19.4 Å². The SMILES string of the molecule is CCC(CC(=O)O)Cc1cccs1. The van der Waals surface area contributed by atoms with Gasteiger partial charge in [-0.2, -0.15) is 0 Å². The molecule has 0 bridgehead atoms. The number of rotatable bonds is 5. The number of carboxylic acid groups (broad SMARTS) is 1. The molecule has 0 aromatic carbocycles. The number of carboxylic acids is 1. The first-order valence-corrected chi connectivity index (χ1v) is 5.34. The fourth-order valence-corrected chi connectivity index (χ4v) is 2.14. The van der Waals surface area contributed by atoms with Gasteiger partial charge >= 0.3 is 5.97 Å². The number of carbonyl (C=O) groups is 1. The maximum atomic E-state index is 10.5. The molecule has 0 fully saturated rings. The molecule has 2 nitrogen and oxygen atoms in total. The van der Waals surface area contributed by atoms with Crippen molar-refractivity contribution in [1.29, 1.82) is 0 Å². The summed E-state index contributed by atoms with van der Waals surface area (Å²) in [7, 11) is 0. The maximum Gasteiger partial charge on any atom is 0.303 e. The summed E-state index contributed by atoms with van der Waals surface area (Å²) in [6, 6.07) is 4.07. The first-order valence-electron chi connectivity index (χ1n) is 4.46. The van der Waals surface area contributed by atoms with Gasteiger partial charge in [0.15, 0.2) is 0 Å². The van der Waals surface area contributed by atoms with E-state index in [0.717, 1.165) is 12.8 Å². The largest absolute Gasteiger partial charge is 0.481 e. The fraction of sp³-hybridized carbons (Fsp3) is 0.500. The average molecular weight is 198 g/mol. The highest BCUT2D eigenvalue weighted by Gasteiger charge is 2.11. The van der Waals surface area contributed by atoms with E-state index in [4.69, 9.17) is 5.11 Å². The lowest BCUT2D eigenvalue weighted by atomic mass is 9.98. The van der Waals surface area contributed by atoms with Gasteiger partial charge in [0.25, 0.3) is 0 Å². The Kier molecular flexibility index (Phi) is 3.96. The minimum Gasteiger partial charge on any atom is -0.481 e. The Hall–Kier alpha value is -0.830. The summed E-state index contributed by atoms with van der Waals surface area (Å²) in [5.41, 5.74) is 0. The topological polar surface area (TPSA) is 37.3 Å². The van der Waals surface area contributed by atoms with Crippen LogP contribution >= 0.6 is 11.3 Å². The van der Waals surface area contributed by atoms with Crippen molar-refractivity contribution in [2.75, 3.05) is 0 Å². The van der Waals surface area contributed by atoms with Gasteiger partial charge in [0, 0.05) is 11.3 Å². The van der Waals surface area contributed by atoms with Crippen LogP contribution in [0.15, 0.2) is 17.5 Å². The van der Waals surface area contributed by atoms with Gasteiger partial charge < -0.3 is 5.11 Å². The van der Waals surface area contributed by atoms with E-state index in [1.54, 1.807) is 11.3 Å². The van der Waals surface area contributed by atoms with Crippen LogP contribution in [0.4, 0.5) is 0 Å². The molecule has 0 aliphatic carbocycles. The first-order chi connectivity index (χ1) is 6.22. The third-order valence-corrected chi connectivity index (χ3v) is 3.01. The number of thiophene rings is 1. The molecule has 0 aliphatic rings. The fourth-order valence-electron chi connectivity index (χ4n) is 1.32.